The van der Waals surface area contributed by atoms with Crippen molar-refractivity contribution in [1.82, 2.24) is 10.2 Å². The standard InChI is InChI=1S/C20H16ClFN4O3/c21-16-4-2-1-3-12(16)9-17(27)23-20-25-24-19(29-20)13-10-18(28)26(11-13)15-7-5-14(22)6-8-15/h1-8,13H,9-11H2,(H,23,25,27)/t13-/m1/s1. The molecule has 9 heteroatoms. The van der Waals surface area contributed by atoms with E-state index in [9.17, 15) is 14.0 Å². The van der Waals surface area contributed by atoms with Crippen molar-refractivity contribution in [3.8, 4) is 0 Å². The molecule has 2 aromatic carbocycles. The Hall–Kier alpha value is -3.26. The maximum atomic E-state index is 13.1. The van der Waals surface area contributed by atoms with Crippen molar-refractivity contribution in [3.63, 3.8) is 0 Å². The molecule has 1 N–H and O–H groups in total. The fraction of sp³-hybridized carbons (Fsp3) is 0.200. The Kier molecular flexibility index (Phi) is 5.26. The number of amides is 2. The van der Waals surface area contributed by atoms with Crippen molar-refractivity contribution in [2.75, 3.05) is 16.8 Å². The number of carbonyl (C=O) groups excluding carboxylic acids is 2. The van der Waals surface area contributed by atoms with E-state index in [0.717, 1.165) is 0 Å². The molecule has 0 aliphatic carbocycles. The van der Waals surface area contributed by atoms with E-state index in [1.807, 2.05) is 0 Å². The molecule has 3 aromatic rings. The molecule has 0 radical (unpaired) electrons. The Morgan fingerprint density at radius 1 is 1.21 bits per heavy atom. The van der Waals surface area contributed by atoms with Gasteiger partial charge in [0.2, 0.25) is 17.7 Å². The zero-order valence-electron chi connectivity index (χ0n) is 15.1. The average Bonchev–Trinajstić information content (AvgIpc) is 3.31. The number of nitrogens with zero attached hydrogens (tertiary/aromatic N) is 3. The van der Waals surface area contributed by atoms with Gasteiger partial charge in [0, 0.05) is 23.7 Å². The van der Waals surface area contributed by atoms with Gasteiger partial charge in [0.05, 0.1) is 12.3 Å². The highest BCUT2D eigenvalue weighted by Crippen LogP contribution is 2.31. The van der Waals surface area contributed by atoms with Gasteiger partial charge in [0.25, 0.3) is 0 Å². The van der Waals surface area contributed by atoms with Gasteiger partial charge in [-0.15, -0.1) is 5.10 Å². The number of halogens is 2. The number of anilines is 2. The summed E-state index contributed by atoms with van der Waals surface area (Å²) < 4.78 is 18.6. The lowest BCUT2D eigenvalue weighted by molar-refractivity contribution is -0.117. The molecule has 1 aliphatic heterocycles. The van der Waals surface area contributed by atoms with E-state index in [1.54, 1.807) is 41.3 Å². The van der Waals surface area contributed by atoms with Crippen molar-refractivity contribution < 1.29 is 18.4 Å². The predicted molar refractivity (Wildman–Crippen MR) is 104 cm³/mol. The minimum Gasteiger partial charge on any atom is -0.407 e. The van der Waals surface area contributed by atoms with Crippen LogP contribution in [-0.2, 0) is 16.0 Å². The molecular weight excluding hydrogens is 399 g/mol. The molecule has 29 heavy (non-hydrogen) atoms. The van der Waals surface area contributed by atoms with Crippen molar-refractivity contribution in [2.24, 2.45) is 0 Å². The SMILES string of the molecule is O=C(Cc1ccccc1Cl)Nc1nnc([C@@H]2CC(=O)N(c3ccc(F)cc3)C2)o1. The summed E-state index contributed by atoms with van der Waals surface area (Å²) in [7, 11) is 0. The largest absolute Gasteiger partial charge is 0.407 e. The summed E-state index contributed by atoms with van der Waals surface area (Å²) in [6, 6.07) is 12.7. The smallest absolute Gasteiger partial charge is 0.322 e. The van der Waals surface area contributed by atoms with E-state index in [4.69, 9.17) is 16.0 Å². The molecule has 1 aliphatic rings. The number of rotatable bonds is 5. The molecule has 7 nitrogen and oxygen atoms in total. The van der Waals surface area contributed by atoms with E-state index in [-0.39, 0.29) is 48.3 Å². The average molecular weight is 415 g/mol. The van der Waals surface area contributed by atoms with Crippen molar-refractivity contribution in [1.29, 1.82) is 0 Å². The third-order valence-electron chi connectivity index (χ3n) is 4.61. The number of hydrogen-bond acceptors (Lipinski definition) is 5. The molecule has 1 fully saturated rings. The second-order valence-corrected chi connectivity index (χ2v) is 7.05. The fourth-order valence-electron chi connectivity index (χ4n) is 3.17. The van der Waals surface area contributed by atoms with E-state index in [2.05, 4.69) is 15.5 Å². The highest BCUT2D eigenvalue weighted by atomic mass is 35.5. The summed E-state index contributed by atoms with van der Waals surface area (Å²) >= 11 is 6.06. The van der Waals surface area contributed by atoms with E-state index < -0.39 is 0 Å². The first-order chi connectivity index (χ1) is 14.0. The summed E-state index contributed by atoms with van der Waals surface area (Å²) in [5.74, 6) is -0.885. The molecule has 1 atom stereocenters. The molecular formula is C20H16ClFN4O3. The van der Waals surface area contributed by atoms with Crippen LogP contribution in [0.5, 0.6) is 0 Å². The summed E-state index contributed by atoms with van der Waals surface area (Å²) in [6.45, 7) is 0.333. The second kappa shape index (κ2) is 8.00. The summed E-state index contributed by atoms with van der Waals surface area (Å²) in [5.41, 5.74) is 1.29. The minimum atomic E-state index is -0.369. The van der Waals surface area contributed by atoms with Gasteiger partial charge >= 0.3 is 6.01 Å². The molecule has 0 spiro atoms. The lowest BCUT2D eigenvalue weighted by Gasteiger charge is -2.15. The Morgan fingerprint density at radius 3 is 2.72 bits per heavy atom. The maximum absolute atomic E-state index is 13.1. The number of carbonyl (C=O) groups is 2. The molecule has 4 rings (SSSR count). The zero-order valence-corrected chi connectivity index (χ0v) is 15.9. The highest BCUT2D eigenvalue weighted by molar-refractivity contribution is 6.31. The van der Waals surface area contributed by atoms with Crippen LogP contribution >= 0.6 is 11.6 Å². The zero-order chi connectivity index (χ0) is 20.4. The number of aromatic nitrogens is 2. The maximum Gasteiger partial charge on any atom is 0.322 e. The lowest BCUT2D eigenvalue weighted by Crippen LogP contribution is -2.24. The van der Waals surface area contributed by atoms with Crippen LogP contribution in [0.3, 0.4) is 0 Å². The summed E-state index contributed by atoms with van der Waals surface area (Å²) in [4.78, 5) is 26.1. The van der Waals surface area contributed by atoms with Gasteiger partial charge in [0.1, 0.15) is 5.82 Å². The molecule has 2 amide bonds. The number of benzene rings is 2. The summed E-state index contributed by atoms with van der Waals surface area (Å²) in [5, 5.41) is 10.8. The third kappa shape index (κ3) is 4.27. The van der Waals surface area contributed by atoms with E-state index >= 15 is 0 Å². The van der Waals surface area contributed by atoms with Crippen molar-refractivity contribution >= 4 is 35.1 Å². The van der Waals surface area contributed by atoms with Crippen molar-refractivity contribution in [2.45, 2.75) is 18.8 Å². The third-order valence-corrected chi connectivity index (χ3v) is 4.98. The Morgan fingerprint density at radius 2 is 1.97 bits per heavy atom. The molecule has 0 bridgehead atoms. The molecule has 148 valence electrons. The molecule has 0 unspecified atom stereocenters. The van der Waals surface area contributed by atoms with Crippen LogP contribution in [-0.4, -0.2) is 28.6 Å². The van der Waals surface area contributed by atoms with Crippen LogP contribution in [0, 0.1) is 5.82 Å². The van der Waals surface area contributed by atoms with Gasteiger partial charge < -0.3 is 9.32 Å². The normalized spacial score (nSPS) is 16.3. The van der Waals surface area contributed by atoms with Crippen LogP contribution < -0.4 is 10.2 Å². The first-order valence-electron chi connectivity index (χ1n) is 8.92. The highest BCUT2D eigenvalue weighted by Gasteiger charge is 2.35. The van der Waals surface area contributed by atoms with Gasteiger partial charge in [-0.2, -0.15) is 0 Å². The van der Waals surface area contributed by atoms with Crippen LogP contribution in [0.25, 0.3) is 0 Å². The molecule has 0 saturated carbocycles. The molecule has 2 heterocycles. The molecule has 1 aromatic heterocycles. The minimum absolute atomic E-state index is 0.0373. The van der Waals surface area contributed by atoms with E-state index in [1.165, 1.54) is 12.1 Å². The van der Waals surface area contributed by atoms with Crippen LogP contribution in [0.15, 0.2) is 52.9 Å². The van der Waals surface area contributed by atoms with Gasteiger partial charge in [0.15, 0.2) is 0 Å². The Balaban J connectivity index is 1.40. The Bertz CT molecular complexity index is 1050. The topological polar surface area (TPSA) is 88.3 Å². The van der Waals surface area contributed by atoms with Crippen LogP contribution in [0.4, 0.5) is 16.1 Å². The predicted octanol–water partition coefficient (Wildman–Crippen LogP) is 3.56. The van der Waals surface area contributed by atoms with Crippen molar-refractivity contribution in [3.05, 3.63) is 70.8 Å². The van der Waals surface area contributed by atoms with Crippen LogP contribution in [0.1, 0.15) is 23.8 Å². The number of nitrogens with one attached hydrogen (secondary N) is 1. The van der Waals surface area contributed by atoms with Gasteiger partial charge in [-0.25, -0.2) is 4.39 Å². The second-order valence-electron chi connectivity index (χ2n) is 6.64. The van der Waals surface area contributed by atoms with Crippen LogP contribution in [0.2, 0.25) is 5.02 Å². The quantitative estimate of drug-likeness (QED) is 0.689. The summed E-state index contributed by atoms with van der Waals surface area (Å²) in [6.07, 6.45) is 0.254. The van der Waals surface area contributed by atoms with Gasteiger partial charge in [-0.3, -0.25) is 14.9 Å². The number of hydrogen-bond donors (Lipinski definition) is 1. The van der Waals surface area contributed by atoms with E-state index in [0.29, 0.717) is 22.8 Å². The lowest BCUT2D eigenvalue weighted by atomic mass is 10.1. The van der Waals surface area contributed by atoms with Gasteiger partial charge in [-0.05, 0) is 35.9 Å². The first kappa shape index (κ1) is 19.1. The first-order valence-corrected chi connectivity index (χ1v) is 9.30. The fourth-order valence-corrected chi connectivity index (χ4v) is 3.37. The monoisotopic (exact) mass is 414 g/mol. The van der Waals surface area contributed by atoms with Gasteiger partial charge in [-0.1, -0.05) is 34.9 Å². The molecule has 1 saturated heterocycles. The Labute approximate surface area is 170 Å².